The van der Waals surface area contributed by atoms with Gasteiger partial charge < -0.3 is 28.9 Å². The number of aromatic nitrogens is 1. The summed E-state index contributed by atoms with van der Waals surface area (Å²) in [5, 5.41) is 1.28. The van der Waals surface area contributed by atoms with Gasteiger partial charge in [0.15, 0.2) is 0 Å². The molecule has 0 unspecified atom stereocenters. The van der Waals surface area contributed by atoms with E-state index in [0.29, 0.717) is 0 Å². The van der Waals surface area contributed by atoms with E-state index in [-0.39, 0.29) is 24.0 Å². The third-order valence-corrected chi connectivity index (χ3v) is 4.22. The maximum absolute atomic E-state index is 2.24. The van der Waals surface area contributed by atoms with E-state index in [1.165, 1.54) is 33.4 Å². The van der Waals surface area contributed by atoms with Crippen LogP contribution in [0.25, 0.3) is 23.1 Å². The van der Waals surface area contributed by atoms with E-state index in [9.17, 15) is 0 Å². The average Bonchev–Trinajstić information content (AvgIpc) is 2.54. The molecule has 0 saturated heterocycles. The van der Waals surface area contributed by atoms with Crippen molar-refractivity contribution < 1.29 is 28.5 Å². The summed E-state index contributed by atoms with van der Waals surface area (Å²) >= 11 is 0. The SMILES string of the molecule is Cc1ccc2c(ccc(C=Cc3ccc(N(C)C)cc3)[n+]2C)c1.[I-]. The Hall–Kier alpha value is -1.88. The average molecular weight is 430 g/mol. The standard InChI is InChI=1S/C21H23N2.HI/c1-16-5-14-21-18(15-16)9-13-20(23(21)4)12-8-17-6-10-19(11-7-17)22(2)3;/h5-15H,1-4H3;1H/q+1;/p-1. The number of fused-ring (bicyclic) bond motifs is 1. The van der Waals surface area contributed by atoms with Crippen molar-refractivity contribution >= 4 is 28.7 Å². The zero-order valence-electron chi connectivity index (χ0n) is 14.6. The van der Waals surface area contributed by atoms with E-state index in [1.807, 2.05) is 0 Å². The second-order valence-corrected chi connectivity index (χ2v) is 6.20. The molecule has 0 N–H and O–H groups in total. The van der Waals surface area contributed by atoms with Crippen molar-refractivity contribution in [3.05, 3.63) is 71.4 Å². The summed E-state index contributed by atoms with van der Waals surface area (Å²) in [4.78, 5) is 2.11. The number of pyridine rings is 1. The Bertz CT molecular complexity index is 865. The minimum Gasteiger partial charge on any atom is -1.00 e. The number of hydrogen-bond acceptors (Lipinski definition) is 1. The van der Waals surface area contributed by atoms with Crippen LogP contribution in [0.3, 0.4) is 0 Å². The highest BCUT2D eigenvalue weighted by Crippen LogP contribution is 2.16. The lowest BCUT2D eigenvalue weighted by molar-refractivity contribution is -0.646. The molecule has 0 aliphatic heterocycles. The number of halogens is 1. The molecule has 2 nitrogen and oxygen atoms in total. The lowest BCUT2D eigenvalue weighted by Crippen LogP contribution is -3.00. The maximum atomic E-state index is 2.24. The summed E-state index contributed by atoms with van der Waals surface area (Å²) in [5.41, 5.74) is 6.16. The zero-order chi connectivity index (χ0) is 16.4. The van der Waals surface area contributed by atoms with Crippen LogP contribution in [0.2, 0.25) is 0 Å². The summed E-state index contributed by atoms with van der Waals surface area (Å²) in [6.07, 6.45) is 4.33. The van der Waals surface area contributed by atoms with E-state index >= 15 is 0 Å². The van der Waals surface area contributed by atoms with Crippen LogP contribution < -0.4 is 33.4 Å². The molecule has 124 valence electrons. The molecule has 0 aliphatic rings. The fourth-order valence-electron chi connectivity index (χ4n) is 2.77. The fourth-order valence-corrected chi connectivity index (χ4v) is 2.77. The quantitative estimate of drug-likeness (QED) is 0.448. The van der Waals surface area contributed by atoms with E-state index in [1.54, 1.807) is 0 Å². The Morgan fingerprint density at radius 2 is 1.58 bits per heavy atom. The molecule has 0 amide bonds. The van der Waals surface area contributed by atoms with Gasteiger partial charge in [0.25, 0.3) is 0 Å². The van der Waals surface area contributed by atoms with Crippen molar-refractivity contribution in [1.82, 2.24) is 0 Å². The molecular formula is C21H23IN2. The van der Waals surface area contributed by atoms with Crippen LogP contribution in [0, 0.1) is 6.92 Å². The first-order valence-electron chi connectivity index (χ1n) is 7.89. The van der Waals surface area contributed by atoms with Crippen LogP contribution in [0.5, 0.6) is 0 Å². The summed E-state index contributed by atoms with van der Waals surface area (Å²) < 4.78 is 2.24. The smallest absolute Gasteiger partial charge is 0.212 e. The number of aryl methyl sites for hydroxylation is 2. The first kappa shape index (κ1) is 18.5. The summed E-state index contributed by atoms with van der Waals surface area (Å²) in [7, 11) is 6.23. The maximum Gasteiger partial charge on any atom is 0.212 e. The minimum absolute atomic E-state index is 0. The van der Waals surface area contributed by atoms with Gasteiger partial charge in [-0.15, -0.1) is 0 Å². The Morgan fingerprint density at radius 3 is 2.25 bits per heavy atom. The number of rotatable bonds is 3. The van der Waals surface area contributed by atoms with E-state index in [4.69, 9.17) is 0 Å². The number of nitrogens with zero attached hydrogens (tertiary/aromatic N) is 2. The lowest BCUT2D eigenvalue weighted by atomic mass is 10.1. The summed E-state index contributed by atoms with van der Waals surface area (Å²) in [6.45, 7) is 2.13. The Balaban J connectivity index is 0.00000208. The lowest BCUT2D eigenvalue weighted by Gasteiger charge is -2.11. The molecule has 3 aromatic rings. The fraction of sp³-hybridized carbons (Fsp3) is 0.190. The van der Waals surface area contributed by atoms with Gasteiger partial charge >= 0.3 is 0 Å². The van der Waals surface area contributed by atoms with Crippen LogP contribution in [0.1, 0.15) is 16.8 Å². The molecule has 0 bridgehead atoms. The van der Waals surface area contributed by atoms with Crippen molar-refractivity contribution in [3.63, 3.8) is 0 Å². The van der Waals surface area contributed by atoms with E-state index in [2.05, 4.69) is 104 Å². The largest absolute Gasteiger partial charge is 1.00 e. The molecular weight excluding hydrogens is 407 g/mol. The first-order chi connectivity index (χ1) is 11.0. The molecule has 1 aromatic heterocycles. The van der Waals surface area contributed by atoms with Crippen molar-refractivity contribution in [2.75, 3.05) is 19.0 Å². The van der Waals surface area contributed by atoms with Crippen LogP contribution >= 0.6 is 0 Å². The van der Waals surface area contributed by atoms with Crippen LogP contribution in [0.4, 0.5) is 5.69 Å². The van der Waals surface area contributed by atoms with Crippen LogP contribution in [-0.2, 0) is 7.05 Å². The van der Waals surface area contributed by atoms with Gasteiger partial charge in [0.05, 0.1) is 0 Å². The first-order valence-corrected chi connectivity index (χ1v) is 7.89. The monoisotopic (exact) mass is 430 g/mol. The molecule has 1 heterocycles. The molecule has 0 fully saturated rings. The van der Waals surface area contributed by atoms with Gasteiger partial charge in [-0.1, -0.05) is 23.8 Å². The summed E-state index contributed by atoms with van der Waals surface area (Å²) in [5.74, 6) is 0. The molecule has 3 rings (SSSR count). The molecule has 2 aromatic carbocycles. The van der Waals surface area contributed by atoms with Crippen molar-refractivity contribution in [3.8, 4) is 0 Å². The topological polar surface area (TPSA) is 7.12 Å². The zero-order valence-corrected chi connectivity index (χ0v) is 16.8. The van der Waals surface area contributed by atoms with Gasteiger partial charge in [0.2, 0.25) is 11.2 Å². The van der Waals surface area contributed by atoms with Crippen molar-refractivity contribution in [2.45, 2.75) is 6.92 Å². The van der Waals surface area contributed by atoms with E-state index < -0.39 is 0 Å². The van der Waals surface area contributed by atoms with Gasteiger partial charge in [-0.25, -0.2) is 0 Å². The third-order valence-electron chi connectivity index (χ3n) is 4.22. The van der Waals surface area contributed by atoms with Gasteiger partial charge in [-0.2, -0.15) is 4.57 Å². The second-order valence-electron chi connectivity index (χ2n) is 6.20. The number of anilines is 1. The highest BCUT2D eigenvalue weighted by molar-refractivity contribution is 5.78. The second kappa shape index (κ2) is 7.79. The third kappa shape index (κ3) is 3.96. The van der Waals surface area contributed by atoms with Crippen LogP contribution in [-0.4, -0.2) is 14.1 Å². The van der Waals surface area contributed by atoms with Crippen molar-refractivity contribution in [1.29, 1.82) is 0 Å². The Kier molecular flexibility index (Phi) is 5.99. The Morgan fingerprint density at radius 1 is 0.875 bits per heavy atom. The summed E-state index contributed by atoms with van der Waals surface area (Å²) in [6, 6.07) is 19.5. The predicted molar refractivity (Wildman–Crippen MR) is 99.6 cm³/mol. The highest BCUT2D eigenvalue weighted by Gasteiger charge is 2.09. The Labute approximate surface area is 161 Å². The number of benzene rings is 2. The van der Waals surface area contributed by atoms with Crippen molar-refractivity contribution in [2.24, 2.45) is 7.05 Å². The van der Waals surface area contributed by atoms with Gasteiger partial charge in [-0.05, 0) is 42.8 Å². The molecule has 0 spiro atoms. The van der Waals surface area contributed by atoms with E-state index in [0.717, 1.165) is 0 Å². The number of hydrogen-bond donors (Lipinski definition) is 0. The molecule has 0 radical (unpaired) electrons. The van der Waals surface area contributed by atoms with Gasteiger partial charge in [0, 0.05) is 43.4 Å². The normalized spacial score (nSPS) is 10.8. The van der Waals surface area contributed by atoms with Gasteiger partial charge in [-0.3, -0.25) is 0 Å². The molecule has 0 saturated carbocycles. The highest BCUT2D eigenvalue weighted by atomic mass is 127. The molecule has 0 aliphatic carbocycles. The molecule has 0 atom stereocenters. The van der Waals surface area contributed by atoms with Crippen LogP contribution in [0.15, 0.2) is 54.6 Å². The van der Waals surface area contributed by atoms with Gasteiger partial charge in [0.1, 0.15) is 7.05 Å². The molecule has 3 heteroatoms. The minimum atomic E-state index is 0. The predicted octanol–water partition coefficient (Wildman–Crippen LogP) is 1.21. The molecule has 24 heavy (non-hydrogen) atoms.